The number of carboxylic acid groups (broad SMARTS) is 1. The van der Waals surface area contributed by atoms with Crippen molar-refractivity contribution in [2.45, 2.75) is 12.8 Å². The summed E-state index contributed by atoms with van der Waals surface area (Å²) in [6.07, 6.45) is 4.84. The number of benzene rings is 3. The van der Waals surface area contributed by atoms with E-state index in [4.69, 9.17) is 5.11 Å². The van der Waals surface area contributed by atoms with Gasteiger partial charge in [-0.1, -0.05) is 78.9 Å². The second-order valence-corrected chi connectivity index (χ2v) is 6.67. The fraction of sp³-hybridized carbons (Fsp3) is 0.0800. The van der Waals surface area contributed by atoms with Gasteiger partial charge in [-0.25, -0.2) is 4.79 Å². The smallest absolute Gasteiger partial charge is 0.328 e. The van der Waals surface area contributed by atoms with Crippen LogP contribution in [0.1, 0.15) is 34.2 Å². The quantitative estimate of drug-likeness (QED) is 0.613. The first-order chi connectivity index (χ1) is 13.2. The minimum absolute atomic E-state index is 0.882. The molecule has 4 rings (SSSR count). The Kier molecular flexibility index (Phi) is 4.71. The number of rotatable bonds is 4. The zero-order chi connectivity index (χ0) is 18.6. The van der Waals surface area contributed by atoms with E-state index in [-0.39, 0.29) is 0 Å². The van der Waals surface area contributed by atoms with Gasteiger partial charge < -0.3 is 5.11 Å². The van der Waals surface area contributed by atoms with Crippen LogP contribution in [0.15, 0.2) is 84.9 Å². The van der Waals surface area contributed by atoms with Gasteiger partial charge in [0.2, 0.25) is 0 Å². The highest BCUT2D eigenvalue weighted by molar-refractivity contribution is 6.00. The van der Waals surface area contributed by atoms with Crippen molar-refractivity contribution in [2.24, 2.45) is 0 Å². The lowest BCUT2D eigenvalue weighted by atomic mass is 9.79. The molecule has 0 spiro atoms. The maximum atomic E-state index is 10.7. The molecule has 1 N–H and O–H groups in total. The minimum atomic E-state index is -0.936. The van der Waals surface area contributed by atoms with Crippen molar-refractivity contribution in [2.75, 3.05) is 0 Å². The summed E-state index contributed by atoms with van der Waals surface area (Å²) in [6, 6.07) is 27.3. The third kappa shape index (κ3) is 3.61. The highest BCUT2D eigenvalue weighted by Crippen LogP contribution is 2.40. The number of allylic oxidation sites excluding steroid dienone is 1. The van der Waals surface area contributed by atoms with Crippen molar-refractivity contribution in [1.82, 2.24) is 0 Å². The Hall–Kier alpha value is -3.39. The SMILES string of the molecule is O=C(O)C=Cc1ccc(C2=C(c3ccccc3)CCc3ccccc32)cc1. The Balaban J connectivity index is 1.85. The Morgan fingerprint density at radius 3 is 2.22 bits per heavy atom. The standard InChI is InChI=1S/C25H20O2/c26-24(27)17-12-18-10-13-21(14-11-18)25-22-9-5-4-8-20(22)15-16-23(25)19-6-2-1-3-7-19/h1-14,17H,15-16H2,(H,26,27). The maximum Gasteiger partial charge on any atom is 0.328 e. The molecule has 3 aromatic rings. The fourth-order valence-electron chi connectivity index (χ4n) is 3.72. The van der Waals surface area contributed by atoms with Gasteiger partial charge in [0.1, 0.15) is 0 Å². The molecule has 0 fully saturated rings. The maximum absolute atomic E-state index is 10.7. The largest absolute Gasteiger partial charge is 0.478 e. The number of fused-ring (bicyclic) bond motifs is 1. The molecule has 0 saturated carbocycles. The van der Waals surface area contributed by atoms with Crippen LogP contribution in [0.25, 0.3) is 17.2 Å². The van der Waals surface area contributed by atoms with E-state index in [1.54, 1.807) is 6.08 Å². The Morgan fingerprint density at radius 2 is 1.48 bits per heavy atom. The van der Waals surface area contributed by atoms with Gasteiger partial charge in [0.15, 0.2) is 0 Å². The van der Waals surface area contributed by atoms with E-state index in [1.165, 1.54) is 33.9 Å². The molecule has 0 radical (unpaired) electrons. The number of carboxylic acids is 1. The van der Waals surface area contributed by atoms with Gasteiger partial charge in [-0.15, -0.1) is 0 Å². The van der Waals surface area contributed by atoms with Crippen LogP contribution < -0.4 is 0 Å². The summed E-state index contributed by atoms with van der Waals surface area (Å²) in [5.74, 6) is -0.936. The minimum Gasteiger partial charge on any atom is -0.478 e. The summed E-state index contributed by atoms with van der Waals surface area (Å²) < 4.78 is 0. The van der Waals surface area contributed by atoms with E-state index in [0.29, 0.717) is 0 Å². The van der Waals surface area contributed by atoms with Crippen molar-refractivity contribution in [3.63, 3.8) is 0 Å². The molecule has 132 valence electrons. The molecular formula is C25H20O2. The summed E-state index contributed by atoms with van der Waals surface area (Å²) in [4.78, 5) is 10.7. The summed E-state index contributed by atoms with van der Waals surface area (Å²) in [6.45, 7) is 0. The van der Waals surface area contributed by atoms with Gasteiger partial charge >= 0.3 is 5.97 Å². The Morgan fingerprint density at radius 1 is 0.778 bits per heavy atom. The molecular weight excluding hydrogens is 332 g/mol. The normalized spacial score (nSPS) is 13.6. The predicted octanol–water partition coefficient (Wildman–Crippen LogP) is 5.69. The number of hydrogen-bond acceptors (Lipinski definition) is 1. The lowest BCUT2D eigenvalue weighted by Gasteiger charge is -2.24. The van der Waals surface area contributed by atoms with Crippen molar-refractivity contribution in [3.8, 4) is 0 Å². The molecule has 0 heterocycles. The Labute approximate surface area is 159 Å². The van der Waals surface area contributed by atoms with E-state index in [9.17, 15) is 4.79 Å². The number of aliphatic carboxylic acids is 1. The molecule has 1 aliphatic carbocycles. The average molecular weight is 352 g/mol. The molecule has 0 unspecified atom stereocenters. The second-order valence-electron chi connectivity index (χ2n) is 6.67. The van der Waals surface area contributed by atoms with Crippen molar-refractivity contribution in [1.29, 1.82) is 0 Å². The van der Waals surface area contributed by atoms with Gasteiger partial charge in [-0.3, -0.25) is 0 Å². The van der Waals surface area contributed by atoms with Gasteiger partial charge in [-0.05, 0) is 57.9 Å². The highest BCUT2D eigenvalue weighted by Gasteiger charge is 2.20. The van der Waals surface area contributed by atoms with Gasteiger partial charge in [0, 0.05) is 6.08 Å². The second kappa shape index (κ2) is 7.46. The van der Waals surface area contributed by atoms with Crippen LogP contribution in [0.3, 0.4) is 0 Å². The summed E-state index contributed by atoms with van der Waals surface area (Å²) in [5.41, 5.74) is 8.61. The van der Waals surface area contributed by atoms with Gasteiger partial charge in [0.05, 0.1) is 0 Å². The van der Waals surface area contributed by atoms with Crippen LogP contribution in [0.2, 0.25) is 0 Å². The van der Waals surface area contributed by atoms with Gasteiger partial charge in [-0.2, -0.15) is 0 Å². The summed E-state index contributed by atoms with van der Waals surface area (Å²) in [7, 11) is 0. The first kappa shape index (κ1) is 17.0. The third-order valence-electron chi connectivity index (χ3n) is 4.97. The molecule has 1 aliphatic rings. The molecule has 0 aliphatic heterocycles. The van der Waals surface area contributed by atoms with E-state index in [1.807, 2.05) is 18.2 Å². The zero-order valence-corrected chi connectivity index (χ0v) is 14.9. The molecule has 2 heteroatoms. The molecule has 0 amide bonds. The highest BCUT2D eigenvalue weighted by atomic mass is 16.4. The van der Waals surface area contributed by atoms with Crippen molar-refractivity contribution >= 4 is 23.2 Å². The van der Waals surface area contributed by atoms with Crippen LogP contribution in [0.5, 0.6) is 0 Å². The molecule has 0 aromatic heterocycles. The summed E-state index contributed by atoms with van der Waals surface area (Å²) in [5, 5.41) is 8.81. The van der Waals surface area contributed by atoms with Crippen LogP contribution in [0, 0.1) is 0 Å². The van der Waals surface area contributed by atoms with E-state index < -0.39 is 5.97 Å². The molecule has 0 bridgehead atoms. The first-order valence-corrected chi connectivity index (χ1v) is 9.10. The van der Waals surface area contributed by atoms with Crippen LogP contribution in [0.4, 0.5) is 0 Å². The van der Waals surface area contributed by atoms with E-state index in [2.05, 4.69) is 60.7 Å². The molecule has 3 aromatic carbocycles. The van der Waals surface area contributed by atoms with Crippen LogP contribution >= 0.6 is 0 Å². The van der Waals surface area contributed by atoms with Gasteiger partial charge in [0.25, 0.3) is 0 Å². The van der Waals surface area contributed by atoms with Crippen molar-refractivity contribution < 1.29 is 9.90 Å². The zero-order valence-electron chi connectivity index (χ0n) is 14.9. The fourth-order valence-corrected chi connectivity index (χ4v) is 3.72. The number of hydrogen-bond donors (Lipinski definition) is 1. The molecule has 2 nitrogen and oxygen atoms in total. The third-order valence-corrected chi connectivity index (χ3v) is 4.97. The number of aryl methyl sites for hydroxylation is 1. The first-order valence-electron chi connectivity index (χ1n) is 9.10. The lowest BCUT2D eigenvalue weighted by molar-refractivity contribution is -0.131. The lowest BCUT2D eigenvalue weighted by Crippen LogP contribution is -2.06. The average Bonchev–Trinajstić information content (AvgIpc) is 2.72. The Bertz CT molecular complexity index is 1030. The number of carbonyl (C=O) groups is 1. The van der Waals surface area contributed by atoms with E-state index >= 15 is 0 Å². The van der Waals surface area contributed by atoms with Crippen LogP contribution in [-0.4, -0.2) is 11.1 Å². The van der Waals surface area contributed by atoms with E-state index in [0.717, 1.165) is 24.0 Å². The molecule has 0 atom stereocenters. The summed E-state index contributed by atoms with van der Waals surface area (Å²) >= 11 is 0. The topological polar surface area (TPSA) is 37.3 Å². The van der Waals surface area contributed by atoms with Crippen molar-refractivity contribution in [3.05, 3.63) is 113 Å². The monoisotopic (exact) mass is 352 g/mol. The van der Waals surface area contributed by atoms with Crippen LogP contribution in [-0.2, 0) is 11.2 Å². The molecule has 0 saturated heterocycles. The predicted molar refractivity (Wildman–Crippen MR) is 110 cm³/mol. The molecule has 27 heavy (non-hydrogen) atoms.